The lowest BCUT2D eigenvalue weighted by Gasteiger charge is -2.37. The number of anilines is 1. The van der Waals surface area contributed by atoms with Gasteiger partial charge < -0.3 is 15.0 Å². The number of nitrogens with one attached hydrogen (secondary N) is 1. The van der Waals surface area contributed by atoms with Gasteiger partial charge in [-0.25, -0.2) is 14.5 Å². The summed E-state index contributed by atoms with van der Waals surface area (Å²) in [5, 5.41) is 3.62. The molecule has 3 heterocycles. The molecule has 4 rings (SSSR count). The van der Waals surface area contributed by atoms with E-state index < -0.39 is 23.3 Å². The Bertz CT molecular complexity index is 984. The van der Waals surface area contributed by atoms with Crippen LogP contribution < -0.4 is 10.2 Å². The molecule has 1 N–H and O–H groups in total. The summed E-state index contributed by atoms with van der Waals surface area (Å²) in [6.07, 6.45) is 1.96. The van der Waals surface area contributed by atoms with Crippen LogP contribution in [0, 0.1) is 0 Å². The molecule has 1 aromatic heterocycles. The molecule has 2 aliphatic heterocycles. The van der Waals surface area contributed by atoms with Crippen molar-refractivity contribution in [2.45, 2.75) is 44.8 Å². The van der Waals surface area contributed by atoms with Crippen LogP contribution >= 0.6 is 0 Å². The second-order valence-corrected chi connectivity index (χ2v) is 8.47. The third kappa shape index (κ3) is 3.39. The summed E-state index contributed by atoms with van der Waals surface area (Å²) in [6, 6.07) is 8.54. The van der Waals surface area contributed by atoms with Crippen molar-refractivity contribution in [3.8, 4) is 0 Å². The highest BCUT2D eigenvalue weighted by Crippen LogP contribution is 2.35. The maximum atomic E-state index is 13.3. The quantitative estimate of drug-likeness (QED) is 0.748. The molecule has 2 fully saturated rings. The van der Waals surface area contributed by atoms with E-state index in [1.807, 2.05) is 32.9 Å². The fraction of sp³-hybridized carbons (Fsp3) is 0.429. The van der Waals surface area contributed by atoms with E-state index >= 15 is 0 Å². The molecule has 1 aromatic carbocycles. The number of urea groups is 1. The maximum Gasteiger partial charge on any atom is 0.410 e. The van der Waals surface area contributed by atoms with Gasteiger partial charge in [0.2, 0.25) is 0 Å². The number of carbonyl (C=O) groups is 3. The van der Waals surface area contributed by atoms with Crippen molar-refractivity contribution >= 4 is 34.6 Å². The molecule has 152 valence electrons. The Kier molecular flexibility index (Phi) is 4.44. The Hall–Kier alpha value is -3.16. The first-order valence-electron chi connectivity index (χ1n) is 9.69. The van der Waals surface area contributed by atoms with E-state index in [1.54, 1.807) is 29.3 Å². The molecule has 0 bridgehead atoms. The van der Waals surface area contributed by atoms with Gasteiger partial charge in [-0.15, -0.1) is 0 Å². The van der Waals surface area contributed by atoms with Crippen LogP contribution in [0.25, 0.3) is 10.9 Å². The van der Waals surface area contributed by atoms with E-state index in [9.17, 15) is 14.4 Å². The third-order valence-electron chi connectivity index (χ3n) is 5.29. The van der Waals surface area contributed by atoms with Crippen LogP contribution in [0.3, 0.4) is 0 Å². The summed E-state index contributed by atoms with van der Waals surface area (Å²) in [5.74, 6) is -0.289. The Labute approximate surface area is 168 Å². The predicted molar refractivity (Wildman–Crippen MR) is 108 cm³/mol. The topological polar surface area (TPSA) is 91.8 Å². The van der Waals surface area contributed by atoms with Crippen molar-refractivity contribution in [3.05, 3.63) is 36.5 Å². The highest BCUT2D eigenvalue weighted by molar-refractivity contribution is 6.25. The average Bonchev–Trinajstić information content (AvgIpc) is 2.90. The minimum absolute atomic E-state index is 0.289. The van der Waals surface area contributed by atoms with Gasteiger partial charge in [0.15, 0.2) is 0 Å². The summed E-state index contributed by atoms with van der Waals surface area (Å²) in [6.45, 7) is 6.12. The minimum Gasteiger partial charge on any atom is -0.444 e. The first-order valence-corrected chi connectivity index (χ1v) is 9.69. The zero-order valence-electron chi connectivity index (χ0n) is 16.8. The smallest absolute Gasteiger partial charge is 0.410 e. The van der Waals surface area contributed by atoms with Gasteiger partial charge in [-0.05, 0) is 57.9 Å². The number of fused-ring (bicyclic) bond motifs is 1. The average molecular weight is 396 g/mol. The van der Waals surface area contributed by atoms with E-state index in [0.29, 0.717) is 37.1 Å². The van der Waals surface area contributed by atoms with Crippen LogP contribution in [0.4, 0.5) is 15.3 Å². The second-order valence-electron chi connectivity index (χ2n) is 8.47. The van der Waals surface area contributed by atoms with Gasteiger partial charge in [0, 0.05) is 24.7 Å². The van der Waals surface area contributed by atoms with Crippen LogP contribution in [0.2, 0.25) is 0 Å². The van der Waals surface area contributed by atoms with Crippen molar-refractivity contribution in [2.24, 2.45) is 0 Å². The minimum atomic E-state index is -1.00. The molecule has 0 radical (unpaired) electrons. The van der Waals surface area contributed by atoms with Gasteiger partial charge in [-0.2, -0.15) is 0 Å². The lowest BCUT2D eigenvalue weighted by atomic mass is 9.87. The molecule has 8 heteroatoms. The third-order valence-corrected chi connectivity index (χ3v) is 5.29. The van der Waals surface area contributed by atoms with Gasteiger partial charge in [-0.3, -0.25) is 9.78 Å². The Morgan fingerprint density at radius 1 is 1.14 bits per heavy atom. The lowest BCUT2D eigenvalue weighted by molar-refractivity contribution is -0.123. The number of piperidine rings is 1. The summed E-state index contributed by atoms with van der Waals surface area (Å²) < 4.78 is 5.41. The van der Waals surface area contributed by atoms with Crippen LogP contribution in [0.1, 0.15) is 33.6 Å². The standard InChI is InChI=1S/C21H24N4O4/c1-20(2,3)29-19(28)24-12-9-21(10-13-24)17(26)25(18(27)23-21)16-8-4-7-15-14(16)6-5-11-22-15/h4-8,11H,9-10,12-13H2,1-3H3,(H,23,27). The molecule has 0 aliphatic carbocycles. The summed E-state index contributed by atoms with van der Waals surface area (Å²) >= 11 is 0. The van der Waals surface area contributed by atoms with Crippen molar-refractivity contribution < 1.29 is 19.1 Å². The molecule has 0 saturated carbocycles. The molecule has 0 unspecified atom stereocenters. The van der Waals surface area contributed by atoms with E-state index in [1.165, 1.54) is 4.90 Å². The molecule has 2 aromatic rings. The van der Waals surface area contributed by atoms with Gasteiger partial charge in [-0.1, -0.05) is 6.07 Å². The molecule has 2 saturated heterocycles. The molecular weight excluding hydrogens is 372 g/mol. The van der Waals surface area contributed by atoms with Gasteiger partial charge in [0.05, 0.1) is 11.2 Å². The van der Waals surface area contributed by atoms with Crippen molar-refractivity contribution in [2.75, 3.05) is 18.0 Å². The molecular formula is C21H24N4O4. The van der Waals surface area contributed by atoms with Crippen molar-refractivity contribution in [1.82, 2.24) is 15.2 Å². The highest BCUT2D eigenvalue weighted by Gasteiger charge is 2.53. The maximum absolute atomic E-state index is 13.3. The SMILES string of the molecule is CC(C)(C)OC(=O)N1CCC2(CC1)NC(=O)N(c1cccc3ncccc13)C2=O. The first-order chi connectivity index (χ1) is 13.7. The molecule has 2 aliphatic rings. The number of carbonyl (C=O) groups excluding carboxylic acids is 3. The normalized spacial score (nSPS) is 19.0. The molecule has 4 amide bonds. The van der Waals surface area contributed by atoms with E-state index in [2.05, 4.69) is 10.3 Å². The van der Waals surface area contributed by atoms with Crippen LogP contribution in [-0.4, -0.2) is 52.1 Å². The number of nitrogens with zero attached hydrogens (tertiary/aromatic N) is 3. The number of amides is 4. The number of likely N-dealkylation sites (tertiary alicyclic amines) is 1. The van der Waals surface area contributed by atoms with Crippen LogP contribution in [0.5, 0.6) is 0 Å². The number of hydrogen-bond donors (Lipinski definition) is 1. The number of benzene rings is 1. The fourth-order valence-corrected chi connectivity index (χ4v) is 3.86. The number of ether oxygens (including phenoxy) is 1. The lowest BCUT2D eigenvalue weighted by Crippen LogP contribution is -2.56. The Morgan fingerprint density at radius 2 is 1.86 bits per heavy atom. The monoisotopic (exact) mass is 396 g/mol. The van der Waals surface area contributed by atoms with Crippen molar-refractivity contribution in [1.29, 1.82) is 0 Å². The number of imide groups is 1. The predicted octanol–water partition coefficient (Wildman–Crippen LogP) is 3.06. The van der Waals surface area contributed by atoms with E-state index in [-0.39, 0.29) is 5.91 Å². The number of hydrogen-bond acceptors (Lipinski definition) is 5. The van der Waals surface area contributed by atoms with Crippen LogP contribution in [-0.2, 0) is 9.53 Å². The van der Waals surface area contributed by atoms with E-state index in [4.69, 9.17) is 4.74 Å². The Balaban J connectivity index is 1.56. The van der Waals surface area contributed by atoms with Gasteiger partial charge >= 0.3 is 12.1 Å². The second kappa shape index (κ2) is 6.72. The summed E-state index contributed by atoms with van der Waals surface area (Å²) in [4.78, 5) is 45.5. The largest absolute Gasteiger partial charge is 0.444 e. The zero-order valence-corrected chi connectivity index (χ0v) is 16.8. The summed E-state index contributed by atoms with van der Waals surface area (Å²) in [5.41, 5.74) is -0.348. The molecule has 0 atom stereocenters. The molecule has 29 heavy (non-hydrogen) atoms. The van der Waals surface area contributed by atoms with E-state index in [0.717, 1.165) is 5.39 Å². The van der Waals surface area contributed by atoms with Gasteiger partial charge in [0.25, 0.3) is 5.91 Å². The van der Waals surface area contributed by atoms with Crippen molar-refractivity contribution in [3.63, 3.8) is 0 Å². The molecule has 1 spiro atoms. The highest BCUT2D eigenvalue weighted by atomic mass is 16.6. The van der Waals surface area contributed by atoms with Crippen LogP contribution in [0.15, 0.2) is 36.5 Å². The number of rotatable bonds is 1. The number of pyridine rings is 1. The fourth-order valence-electron chi connectivity index (χ4n) is 3.86. The molecule has 8 nitrogen and oxygen atoms in total. The van der Waals surface area contributed by atoms with Gasteiger partial charge in [0.1, 0.15) is 11.1 Å². The Morgan fingerprint density at radius 3 is 2.55 bits per heavy atom. The number of aromatic nitrogens is 1. The first kappa shape index (κ1) is 19.2. The summed E-state index contributed by atoms with van der Waals surface area (Å²) in [7, 11) is 0. The zero-order chi connectivity index (χ0) is 20.8.